The van der Waals surface area contributed by atoms with Crippen LogP contribution in [0.1, 0.15) is 26.7 Å². The average Bonchev–Trinajstić information content (AvgIpc) is 2.76. The van der Waals surface area contributed by atoms with Crippen molar-refractivity contribution in [2.24, 2.45) is 57.2 Å². The first-order valence-corrected chi connectivity index (χ1v) is 6.73. The molecule has 14 heavy (non-hydrogen) atoms. The van der Waals surface area contributed by atoms with Crippen LogP contribution in [0.3, 0.4) is 0 Å². The molecule has 7 rings (SSSR count). The van der Waals surface area contributed by atoms with Crippen molar-refractivity contribution < 1.29 is 0 Å². The molecule has 10 atom stereocenters. The Hall–Kier alpha value is 0. The first kappa shape index (κ1) is 5.92. The molecule has 4 spiro atoms. The summed E-state index contributed by atoms with van der Waals surface area (Å²) in [5.41, 5.74) is 4.07. The van der Waals surface area contributed by atoms with Gasteiger partial charge < -0.3 is 0 Å². The smallest absolute Gasteiger partial charge is 0.00934 e. The average molecular weight is 184 g/mol. The lowest BCUT2D eigenvalue weighted by Gasteiger charge is -2.82. The van der Waals surface area contributed by atoms with E-state index in [1.165, 1.54) is 29.6 Å². The second-order valence-corrected chi connectivity index (χ2v) is 8.10. The normalized spacial score (nSPS) is 105. The minimum absolute atomic E-state index is 0.973. The van der Waals surface area contributed by atoms with Gasteiger partial charge in [-0.05, 0) is 70.0 Å². The first-order chi connectivity index (χ1) is 6.73. The summed E-state index contributed by atoms with van der Waals surface area (Å²) in [5.74, 6) is 7.39. The third-order valence-electron chi connectivity index (χ3n) is 9.22. The molecular weight excluding hydrogens is 168 g/mol. The number of hydrogen-bond donors (Lipinski definition) is 0. The van der Waals surface area contributed by atoms with Crippen molar-refractivity contribution in [3.05, 3.63) is 0 Å². The van der Waals surface area contributed by atoms with Crippen LogP contribution in [0.25, 0.3) is 0 Å². The molecule has 7 saturated carbocycles. The van der Waals surface area contributed by atoms with E-state index in [1.807, 2.05) is 0 Å². The van der Waals surface area contributed by atoms with Gasteiger partial charge >= 0.3 is 0 Å². The molecule has 0 saturated heterocycles. The fourth-order valence-corrected chi connectivity index (χ4v) is 10.4. The lowest BCUT2D eigenvalue weighted by Crippen LogP contribution is -2.78. The summed E-state index contributed by atoms with van der Waals surface area (Å²) in [4.78, 5) is 0. The van der Waals surface area contributed by atoms with Crippen molar-refractivity contribution in [2.45, 2.75) is 26.7 Å². The second kappa shape index (κ2) is 0.967. The zero-order valence-corrected chi connectivity index (χ0v) is 8.88. The van der Waals surface area contributed by atoms with Gasteiger partial charge in [-0.15, -0.1) is 0 Å². The van der Waals surface area contributed by atoms with Gasteiger partial charge in [0, 0.05) is 0 Å². The van der Waals surface area contributed by atoms with Gasteiger partial charge in [0.1, 0.15) is 0 Å². The van der Waals surface area contributed by atoms with E-state index < -0.39 is 0 Å². The zero-order chi connectivity index (χ0) is 8.88. The number of hydrogen-bond acceptors (Lipinski definition) is 0. The molecule has 0 aromatic heterocycles. The van der Waals surface area contributed by atoms with Crippen LogP contribution in [0.15, 0.2) is 0 Å². The maximum Gasteiger partial charge on any atom is -0.00934 e. The lowest BCUT2D eigenvalue weighted by molar-refractivity contribution is -0.355. The van der Waals surface area contributed by atoms with Crippen LogP contribution in [-0.2, 0) is 0 Å². The molecule has 7 aliphatic carbocycles. The quantitative estimate of drug-likeness (QED) is 0.542. The molecular formula is C14H16. The van der Waals surface area contributed by atoms with E-state index in [4.69, 9.17) is 0 Å². The standard InChI is InChI=1S/C14H16/c1-5-3-11-4-12-10-8(11)7-6(2)13(12,9(5)11)14(7,10)12/h5-10H,3-4H2,1-2H3. The number of rotatable bonds is 0. The van der Waals surface area contributed by atoms with E-state index in [-0.39, 0.29) is 0 Å². The monoisotopic (exact) mass is 184 g/mol. The molecule has 0 heteroatoms. The molecule has 0 N–H and O–H groups in total. The summed E-state index contributed by atoms with van der Waals surface area (Å²) in [6, 6.07) is 0. The van der Waals surface area contributed by atoms with Gasteiger partial charge in [-0.1, -0.05) is 13.8 Å². The van der Waals surface area contributed by atoms with E-state index in [9.17, 15) is 0 Å². The SMILES string of the molecule is CC1CC23CC45C6C2C2C(C)C4(C13)C265. The Morgan fingerprint density at radius 2 is 1.86 bits per heavy atom. The highest BCUT2D eigenvalue weighted by Gasteiger charge is 3.28. The molecule has 0 aromatic rings. The minimum Gasteiger partial charge on any atom is -0.0622 e. The summed E-state index contributed by atoms with van der Waals surface area (Å²) in [6.45, 7) is 5.18. The van der Waals surface area contributed by atoms with Gasteiger partial charge in [-0.3, -0.25) is 0 Å². The predicted octanol–water partition coefficient (Wildman–Crippen LogP) is 2.54. The molecule has 72 valence electrons. The van der Waals surface area contributed by atoms with Crippen molar-refractivity contribution in [1.29, 1.82) is 0 Å². The van der Waals surface area contributed by atoms with E-state index in [0.717, 1.165) is 27.6 Å². The topological polar surface area (TPSA) is 0 Å². The van der Waals surface area contributed by atoms with Gasteiger partial charge in [0.2, 0.25) is 0 Å². The largest absolute Gasteiger partial charge is 0.0622 e. The van der Waals surface area contributed by atoms with Gasteiger partial charge in [0.05, 0.1) is 0 Å². The van der Waals surface area contributed by atoms with Crippen LogP contribution < -0.4 is 0 Å². The zero-order valence-electron chi connectivity index (χ0n) is 8.88. The van der Waals surface area contributed by atoms with Crippen molar-refractivity contribution in [1.82, 2.24) is 0 Å². The highest BCUT2D eigenvalue weighted by atomic mass is 15.3. The predicted molar refractivity (Wildman–Crippen MR) is 51.3 cm³/mol. The van der Waals surface area contributed by atoms with Crippen LogP contribution in [0, 0.1) is 57.2 Å². The van der Waals surface area contributed by atoms with Gasteiger partial charge in [-0.2, -0.15) is 0 Å². The summed E-state index contributed by atoms with van der Waals surface area (Å²) < 4.78 is 0. The van der Waals surface area contributed by atoms with Gasteiger partial charge in [0.25, 0.3) is 0 Å². The van der Waals surface area contributed by atoms with Crippen molar-refractivity contribution in [3.63, 3.8) is 0 Å². The van der Waals surface area contributed by atoms with Crippen LogP contribution in [-0.4, -0.2) is 0 Å². The summed E-state index contributed by atoms with van der Waals surface area (Å²) in [7, 11) is 0. The molecule has 0 aromatic carbocycles. The molecule has 7 fully saturated rings. The Bertz CT molecular complexity index is 480. The Labute approximate surface area is 84.4 Å². The van der Waals surface area contributed by atoms with Crippen LogP contribution in [0.2, 0.25) is 0 Å². The maximum atomic E-state index is 2.62. The highest BCUT2D eigenvalue weighted by molar-refractivity contribution is 5.74. The molecule has 0 radical (unpaired) electrons. The molecule has 2 bridgehead atoms. The number of fused-ring (bicyclic) bond motifs is 1. The van der Waals surface area contributed by atoms with Gasteiger partial charge in [0.15, 0.2) is 0 Å². The van der Waals surface area contributed by atoms with E-state index >= 15 is 0 Å². The highest BCUT2D eigenvalue weighted by Crippen LogP contribution is 3.31. The Kier molecular flexibility index (Phi) is 0.409. The van der Waals surface area contributed by atoms with E-state index in [2.05, 4.69) is 13.8 Å². The first-order valence-electron chi connectivity index (χ1n) is 6.73. The van der Waals surface area contributed by atoms with E-state index in [0.29, 0.717) is 0 Å². The minimum atomic E-state index is 0.973. The molecule has 0 nitrogen and oxygen atoms in total. The van der Waals surface area contributed by atoms with Crippen LogP contribution in [0.4, 0.5) is 0 Å². The summed E-state index contributed by atoms with van der Waals surface area (Å²) >= 11 is 0. The third-order valence-corrected chi connectivity index (χ3v) is 9.22. The second-order valence-electron chi connectivity index (χ2n) is 8.10. The Morgan fingerprint density at radius 1 is 1.00 bits per heavy atom. The Morgan fingerprint density at radius 3 is 2.57 bits per heavy atom. The van der Waals surface area contributed by atoms with Crippen molar-refractivity contribution in [2.75, 3.05) is 0 Å². The van der Waals surface area contributed by atoms with Crippen molar-refractivity contribution >= 4 is 0 Å². The summed E-state index contributed by atoms with van der Waals surface area (Å²) in [5, 5.41) is 0. The third kappa shape index (κ3) is 0.172. The molecule has 10 unspecified atom stereocenters. The fraction of sp³-hybridized carbons (Fsp3) is 1.00. The van der Waals surface area contributed by atoms with E-state index in [1.54, 1.807) is 12.8 Å². The maximum absolute atomic E-state index is 2.62. The lowest BCUT2D eigenvalue weighted by atomic mass is 9.22. The molecule has 0 aliphatic heterocycles. The van der Waals surface area contributed by atoms with Crippen LogP contribution in [0.5, 0.6) is 0 Å². The van der Waals surface area contributed by atoms with Crippen molar-refractivity contribution in [3.8, 4) is 0 Å². The molecule has 0 amide bonds. The Balaban J connectivity index is 1.69. The van der Waals surface area contributed by atoms with Crippen LogP contribution >= 0.6 is 0 Å². The molecule has 0 heterocycles. The fourth-order valence-electron chi connectivity index (χ4n) is 10.4. The van der Waals surface area contributed by atoms with Gasteiger partial charge in [-0.25, -0.2) is 0 Å². The summed E-state index contributed by atoms with van der Waals surface area (Å²) in [6.07, 6.45) is 3.37. The molecule has 7 aliphatic rings.